The Kier molecular flexibility index (Phi) is 28.8. The van der Waals surface area contributed by atoms with E-state index < -0.39 is 6.04 Å². The fourth-order valence-corrected chi connectivity index (χ4v) is 7.18. The van der Waals surface area contributed by atoms with Crippen LogP contribution in [0.2, 0.25) is 0 Å². The summed E-state index contributed by atoms with van der Waals surface area (Å²) in [7, 11) is 6.58. The molecular weight excluding hydrogens is 670 g/mol. The zero-order chi connectivity index (χ0) is 41.3. The third kappa shape index (κ3) is 18.2. The Labute approximate surface area is 323 Å². The van der Waals surface area contributed by atoms with Crippen molar-refractivity contribution in [2.24, 2.45) is 29.4 Å². The van der Waals surface area contributed by atoms with Gasteiger partial charge < -0.3 is 30.7 Å². The van der Waals surface area contributed by atoms with Crippen LogP contribution in [0.4, 0.5) is 0 Å². The van der Waals surface area contributed by atoms with E-state index in [1.807, 2.05) is 88.0 Å². The van der Waals surface area contributed by atoms with Crippen molar-refractivity contribution in [2.75, 3.05) is 34.9 Å². The fourth-order valence-electron chi connectivity index (χ4n) is 7.18. The second-order valence-corrected chi connectivity index (χ2v) is 15.2. The van der Waals surface area contributed by atoms with Crippen LogP contribution < -0.4 is 11.1 Å². The van der Waals surface area contributed by atoms with Gasteiger partial charge >= 0.3 is 0 Å². The average molecular weight is 750 g/mol. The molecule has 4 N–H and O–H groups in total. The quantitative estimate of drug-likeness (QED) is 0.157. The summed E-state index contributed by atoms with van der Waals surface area (Å²) in [6.07, 6.45) is 6.36. The number of amides is 4. The topological polar surface area (TPSA) is 146 Å². The molecule has 0 saturated carbocycles. The highest BCUT2D eigenvalue weighted by molar-refractivity contribution is 5.90. The smallest absolute Gasteiger partial charge is 0.245 e. The molecule has 1 saturated heterocycles. The molecule has 0 bridgehead atoms. The number of nitrogens with two attached hydrogens (primary N) is 1. The van der Waals surface area contributed by atoms with Gasteiger partial charge in [-0.15, -0.1) is 0 Å². The molecule has 11 heteroatoms. The van der Waals surface area contributed by atoms with E-state index in [-0.39, 0.29) is 72.2 Å². The summed E-state index contributed by atoms with van der Waals surface area (Å²) in [5.74, 6) is 0.614. The fraction of sp³-hybridized carbons (Fsp3) is 0.762. The summed E-state index contributed by atoms with van der Waals surface area (Å²) >= 11 is 0. The zero-order valence-electron chi connectivity index (χ0n) is 35.9. The summed E-state index contributed by atoms with van der Waals surface area (Å²) in [6, 6.07) is 11.3. The van der Waals surface area contributed by atoms with Crippen LogP contribution in [0, 0.1) is 23.7 Å². The molecular formula is C42H79N5O6. The number of methoxy groups -OCH3 is 1. The van der Waals surface area contributed by atoms with Crippen molar-refractivity contribution in [3.05, 3.63) is 36.4 Å². The standard InChI is InChI=1S/C34H66N4O4.C6H6.CH3NO.CH4O/c1-14-17-26(10)32(42-13)28-18-16-21-38(28)29(39)20-19-27(25(9)15-2)37(12)34(41)30(22(3)4)35-33(40)31(23(5)6)36(11)24(7)8;1-2-4-6-5-3-1;2-1-3;1-2/h22-28,30-32H,14-21H2,1-13H3,(H,35,40);1-6H;1H,(H2,2,3);2H,1H3/t25?,26?,27?,28-,30?,31?,32+;;;/m0.../s1. The summed E-state index contributed by atoms with van der Waals surface area (Å²) in [6.45, 7) is 21.7. The number of nitrogens with zero attached hydrogens (tertiary/aromatic N) is 3. The maximum atomic E-state index is 14.0. The third-order valence-corrected chi connectivity index (χ3v) is 10.4. The van der Waals surface area contributed by atoms with Crippen LogP contribution in [-0.2, 0) is 23.9 Å². The molecule has 1 aliphatic rings. The molecule has 1 aliphatic heterocycles. The molecule has 5 unspecified atom stereocenters. The highest BCUT2D eigenvalue weighted by Crippen LogP contribution is 2.30. The lowest BCUT2D eigenvalue weighted by Gasteiger charge is -2.38. The Morgan fingerprint density at radius 3 is 1.81 bits per heavy atom. The number of aliphatic hydroxyl groups excluding tert-OH is 1. The number of aliphatic hydroxyl groups is 1. The molecule has 1 aromatic rings. The van der Waals surface area contributed by atoms with E-state index in [1.165, 1.54) is 0 Å². The minimum absolute atomic E-state index is 0.0471. The maximum absolute atomic E-state index is 14.0. The first-order valence-corrected chi connectivity index (χ1v) is 19.8. The molecule has 2 rings (SSSR count). The highest BCUT2D eigenvalue weighted by atomic mass is 16.5. The van der Waals surface area contributed by atoms with Crippen molar-refractivity contribution in [1.82, 2.24) is 20.0 Å². The minimum Gasteiger partial charge on any atom is -0.400 e. The van der Waals surface area contributed by atoms with Gasteiger partial charge in [0.2, 0.25) is 24.1 Å². The van der Waals surface area contributed by atoms with E-state index in [0.717, 1.165) is 45.8 Å². The largest absolute Gasteiger partial charge is 0.400 e. The van der Waals surface area contributed by atoms with Crippen LogP contribution in [0.15, 0.2) is 36.4 Å². The number of likely N-dealkylation sites (N-methyl/N-ethyl adjacent to an activating group) is 2. The first kappa shape index (κ1) is 52.1. The Morgan fingerprint density at radius 1 is 0.906 bits per heavy atom. The molecule has 1 heterocycles. The molecule has 7 atom stereocenters. The van der Waals surface area contributed by atoms with E-state index in [9.17, 15) is 14.4 Å². The van der Waals surface area contributed by atoms with Crippen molar-refractivity contribution in [2.45, 2.75) is 150 Å². The SMILES string of the molecule is CCCC(C)[C@@H](OC)[C@@H]1CCCN1C(=O)CCC(C(C)CC)N(C)C(=O)C(NC(=O)C(C(C)C)N(C)C(C)C)C(C)C.CO.NC=O.c1ccccc1. The normalized spacial score (nSPS) is 17.2. The van der Waals surface area contributed by atoms with Gasteiger partial charge in [-0.1, -0.05) is 105 Å². The van der Waals surface area contributed by atoms with E-state index in [1.54, 1.807) is 7.11 Å². The van der Waals surface area contributed by atoms with Crippen molar-refractivity contribution >= 4 is 24.1 Å². The molecule has 0 spiro atoms. The number of benzene rings is 1. The van der Waals surface area contributed by atoms with Gasteiger partial charge in [0.1, 0.15) is 6.04 Å². The summed E-state index contributed by atoms with van der Waals surface area (Å²) in [4.78, 5) is 55.6. The lowest BCUT2D eigenvalue weighted by Crippen LogP contribution is -2.58. The predicted octanol–water partition coefficient (Wildman–Crippen LogP) is 5.98. The molecule has 53 heavy (non-hydrogen) atoms. The molecule has 308 valence electrons. The number of hydrogen-bond donors (Lipinski definition) is 3. The molecule has 11 nitrogen and oxygen atoms in total. The second kappa shape index (κ2) is 29.4. The first-order valence-electron chi connectivity index (χ1n) is 19.8. The monoisotopic (exact) mass is 750 g/mol. The Bertz CT molecular complexity index is 1080. The average Bonchev–Trinajstić information content (AvgIpc) is 3.62. The summed E-state index contributed by atoms with van der Waals surface area (Å²) in [5, 5.41) is 10.1. The molecule has 0 radical (unpaired) electrons. The van der Waals surface area contributed by atoms with Crippen LogP contribution >= 0.6 is 0 Å². The van der Waals surface area contributed by atoms with Crippen LogP contribution in [0.25, 0.3) is 0 Å². The van der Waals surface area contributed by atoms with Gasteiger partial charge in [-0.05, 0) is 70.3 Å². The maximum Gasteiger partial charge on any atom is 0.245 e. The van der Waals surface area contributed by atoms with E-state index in [0.29, 0.717) is 18.8 Å². The molecule has 4 amide bonds. The van der Waals surface area contributed by atoms with Crippen molar-refractivity contribution < 1.29 is 29.0 Å². The van der Waals surface area contributed by atoms with Gasteiger partial charge in [0.25, 0.3) is 0 Å². The predicted molar refractivity (Wildman–Crippen MR) is 218 cm³/mol. The van der Waals surface area contributed by atoms with Gasteiger partial charge in [-0.2, -0.15) is 0 Å². The zero-order valence-corrected chi connectivity index (χ0v) is 35.9. The van der Waals surface area contributed by atoms with Crippen LogP contribution in [-0.4, -0.2) is 115 Å². The molecule has 1 aromatic carbocycles. The molecule has 0 aromatic heterocycles. The number of primary amides is 1. The number of carbonyl (C=O) groups is 4. The Hall–Kier alpha value is -3.02. The highest BCUT2D eigenvalue weighted by Gasteiger charge is 2.39. The van der Waals surface area contributed by atoms with Crippen molar-refractivity contribution in [1.29, 1.82) is 0 Å². The van der Waals surface area contributed by atoms with Crippen LogP contribution in [0.1, 0.15) is 114 Å². The number of hydrogen-bond acceptors (Lipinski definition) is 7. The summed E-state index contributed by atoms with van der Waals surface area (Å²) < 4.78 is 5.94. The third-order valence-electron chi connectivity index (χ3n) is 10.4. The van der Waals surface area contributed by atoms with Crippen molar-refractivity contribution in [3.8, 4) is 0 Å². The lowest BCUT2D eigenvalue weighted by molar-refractivity contribution is -0.142. The number of ether oxygens (including phenoxy) is 1. The van der Waals surface area contributed by atoms with Gasteiger partial charge in [0.15, 0.2) is 0 Å². The number of nitrogens with one attached hydrogen (secondary N) is 1. The summed E-state index contributed by atoms with van der Waals surface area (Å²) in [5.41, 5.74) is 4.17. The van der Waals surface area contributed by atoms with Gasteiger partial charge in [0, 0.05) is 46.3 Å². The van der Waals surface area contributed by atoms with E-state index >= 15 is 0 Å². The van der Waals surface area contributed by atoms with Crippen LogP contribution in [0.3, 0.4) is 0 Å². The van der Waals surface area contributed by atoms with Gasteiger partial charge in [0.05, 0.1) is 18.2 Å². The van der Waals surface area contributed by atoms with Crippen LogP contribution in [0.5, 0.6) is 0 Å². The number of likely N-dealkylation sites (tertiary alicyclic amines) is 1. The number of rotatable bonds is 18. The Balaban J connectivity index is 0. The first-order chi connectivity index (χ1) is 25.0. The minimum atomic E-state index is -0.628. The Morgan fingerprint density at radius 2 is 1.42 bits per heavy atom. The van der Waals surface area contributed by atoms with E-state index in [4.69, 9.17) is 14.6 Å². The molecule has 0 aliphatic carbocycles. The van der Waals surface area contributed by atoms with E-state index in [2.05, 4.69) is 57.5 Å². The molecule has 1 fully saturated rings. The number of carbonyl (C=O) groups excluding carboxylic acids is 4. The van der Waals surface area contributed by atoms with Crippen molar-refractivity contribution in [3.63, 3.8) is 0 Å². The van der Waals surface area contributed by atoms with Gasteiger partial charge in [-0.25, -0.2) is 0 Å². The lowest BCUT2D eigenvalue weighted by atomic mass is 9.90. The second-order valence-electron chi connectivity index (χ2n) is 15.2. The van der Waals surface area contributed by atoms with Gasteiger partial charge in [-0.3, -0.25) is 24.1 Å².